The second kappa shape index (κ2) is 8.10. The molecule has 2 aromatic carbocycles. The van der Waals surface area contributed by atoms with E-state index in [1.807, 2.05) is 24.3 Å². The first-order valence-electron chi connectivity index (χ1n) is 8.91. The van der Waals surface area contributed by atoms with Gasteiger partial charge in [-0.05, 0) is 42.7 Å². The molecule has 2 aromatic rings. The van der Waals surface area contributed by atoms with Gasteiger partial charge in [0.05, 0.1) is 17.6 Å². The minimum atomic E-state index is -3.73. The Bertz CT molecular complexity index is 921. The maximum atomic E-state index is 13.0. The zero-order valence-electron chi connectivity index (χ0n) is 15.6. The standard InChI is InChI=1S/C20H24N2O4S/c1-21(15-17-8-3-4-11-19(17)22-12-5-6-13-22)27(24,25)18-10-7-9-16(14-18)20(23)26-2/h3-4,7-11,14H,5-6,12-13,15H2,1-2H3. The molecule has 6 nitrogen and oxygen atoms in total. The second-order valence-electron chi connectivity index (χ2n) is 6.60. The molecule has 0 amide bonds. The van der Waals surface area contributed by atoms with Crippen LogP contribution in [0.3, 0.4) is 0 Å². The third kappa shape index (κ3) is 4.14. The molecule has 1 fully saturated rings. The van der Waals surface area contributed by atoms with Gasteiger partial charge in [0.1, 0.15) is 0 Å². The highest BCUT2D eigenvalue weighted by molar-refractivity contribution is 7.89. The summed E-state index contributed by atoms with van der Waals surface area (Å²) in [6.07, 6.45) is 2.31. The lowest BCUT2D eigenvalue weighted by Gasteiger charge is -2.24. The fourth-order valence-electron chi connectivity index (χ4n) is 3.32. The number of anilines is 1. The summed E-state index contributed by atoms with van der Waals surface area (Å²) < 4.78 is 32.0. The lowest BCUT2D eigenvalue weighted by Crippen LogP contribution is -2.28. The molecule has 27 heavy (non-hydrogen) atoms. The SMILES string of the molecule is COC(=O)c1cccc(S(=O)(=O)N(C)Cc2ccccc2N2CCCC2)c1. The van der Waals surface area contributed by atoms with E-state index in [4.69, 9.17) is 0 Å². The first-order chi connectivity index (χ1) is 12.9. The monoisotopic (exact) mass is 388 g/mol. The maximum absolute atomic E-state index is 13.0. The van der Waals surface area contributed by atoms with E-state index < -0.39 is 16.0 Å². The Balaban J connectivity index is 1.86. The van der Waals surface area contributed by atoms with E-state index in [0.29, 0.717) is 0 Å². The van der Waals surface area contributed by atoms with Gasteiger partial charge in [0.15, 0.2) is 0 Å². The zero-order valence-corrected chi connectivity index (χ0v) is 16.4. The van der Waals surface area contributed by atoms with Crippen LogP contribution in [-0.4, -0.2) is 45.9 Å². The number of ether oxygens (including phenoxy) is 1. The molecule has 0 spiro atoms. The third-order valence-electron chi connectivity index (χ3n) is 4.79. The van der Waals surface area contributed by atoms with Crippen molar-refractivity contribution in [2.75, 3.05) is 32.1 Å². The topological polar surface area (TPSA) is 66.9 Å². The highest BCUT2D eigenvalue weighted by Gasteiger charge is 2.24. The Morgan fingerprint density at radius 1 is 1.11 bits per heavy atom. The first kappa shape index (κ1) is 19.4. The average Bonchev–Trinajstić information content (AvgIpc) is 3.22. The molecule has 1 aliphatic heterocycles. The smallest absolute Gasteiger partial charge is 0.337 e. The van der Waals surface area contributed by atoms with E-state index in [-0.39, 0.29) is 17.0 Å². The van der Waals surface area contributed by atoms with Crippen LogP contribution in [0.25, 0.3) is 0 Å². The molecule has 1 saturated heterocycles. The fraction of sp³-hybridized carbons (Fsp3) is 0.350. The largest absolute Gasteiger partial charge is 0.465 e. The van der Waals surface area contributed by atoms with Gasteiger partial charge in [0.2, 0.25) is 10.0 Å². The van der Waals surface area contributed by atoms with E-state index in [0.717, 1.165) is 37.2 Å². The molecule has 0 radical (unpaired) electrons. The molecule has 0 aliphatic carbocycles. The fourth-order valence-corrected chi connectivity index (χ4v) is 4.51. The van der Waals surface area contributed by atoms with Crippen molar-refractivity contribution in [1.29, 1.82) is 0 Å². The van der Waals surface area contributed by atoms with Gasteiger partial charge in [0, 0.05) is 32.4 Å². The van der Waals surface area contributed by atoms with Crippen LogP contribution in [0.5, 0.6) is 0 Å². The molecule has 0 aromatic heterocycles. The van der Waals surface area contributed by atoms with E-state index in [1.165, 1.54) is 29.6 Å². The second-order valence-corrected chi connectivity index (χ2v) is 8.65. The van der Waals surface area contributed by atoms with Crippen molar-refractivity contribution < 1.29 is 17.9 Å². The molecule has 0 N–H and O–H groups in total. The normalized spacial score (nSPS) is 14.6. The number of rotatable bonds is 6. The molecular weight excluding hydrogens is 364 g/mol. The van der Waals surface area contributed by atoms with Gasteiger partial charge in [-0.25, -0.2) is 13.2 Å². The minimum absolute atomic E-state index is 0.0755. The lowest BCUT2D eigenvalue weighted by molar-refractivity contribution is 0.0600. The highest BCUT2D eigenvalue weighted by Crippen LogP contribution is 2.27. The Kier molecular flexibility index (Phi) is 5.82. The number of hydrogen-bond acceptors (Lipinski definition) is 5. The van der Waals surface area contributed by atoms with Crippen LogP contribution >= 0.6 is 0 Å². The van der Waals surface area contributed by atoms with Crippen molar-refractivity contribution in [1.82, 2.24) is 4.31 Å². The number of nitrogens with zero attached hydrogens (tertiary/aromatic N) is 2. The van der Waals surface area contributed by atoms with Crippen LogP contribution in [-0.2, 0) is 21.3 Å². The molecule has 144 valence electrons. The molecule has 3 rings (SSSR count). The average molecular weight is 388 g/mol. The maximum Gasteiger partial charge on any atom is 0.337 e. The Morgan fingerprint density at radius 2 is 1.81 bits per heavy atom. The predicted molar refractivity (Wildman–Crippen MR) is 104 cm³/mol. The van der Waals surface area contributed by atoms with Crippen molar-refractivity contribution >= 4 is 21.7 Å². The van der Waals surface area contributed by atoms with Crippen LogP contribution in [0.1, 0.15) is 28.8 Å². The number of para-hydroxylation sites is 1. The van der Waals surface area contributed by atoms with Crippen LogP contribution in [0, 0.1) is 0 Å². The quantitative estimate of drug-likeness (QED) is 0.712. The van der Waals surface area contributed by atoms with Crippen LogP contribution < -0.4 is 4.90 Å². The number of carbonyl (C=O) groups is 1. The minimum Gasteiger partial charge on any atom is -0.465 e. The van der Waals surface area contributed by atoms with Gasteiger partial charge in [-0.1, -0.05) is 24.3 Å². The molecule has 0 bridgehead atoms. The summed E-state index contributed by atoms with van der Waals surface area (Å²) in [4.78, 5) is 14.1. The first-order valence-corrected chi connectivity index (χ1v) is 10.3. The number of esters is 1. The van der Waals surface area contributed by atoms with E-state index >= 15 is 0 Å². The number of hydrogen-bond donors (Lipinski definition) is 0. The molecule has 0 saturated carbocycles. The summed E-state index contributed by atoms with van der Waals surface area (Å²) in [5, 5.41) is 0. The summed E-state index contributed by atoms with van der Waals surface area (Å²) in [6, 6.07) is 13.8. The van der Waals surface area contributed by atoms with Crippen molar-refractivity contribution in [3.63, 3.8) is 0 Å². The third-order valence-corrected chi connectivity index (χ3v) is 6.59. The van der Waals surface area contributed by atoms with Crippen LogP contribution in [0.15, 0.2) is 53.4 Å². The summed E-state index contributed by atoms with van der Waals surface area (Å²) in [5.41, 5.74) is 2.26. The van der Waals surface area contributed by atoms with Crippen molar-refractivity contribution in [3.8, 4) is 0 Å². The number of benzene rings is 2. The summed E-state index contributed by atoms with van der Waals surface area (Å²) in [6.45, 7) is 2.25. The van der Waals surface area contributed by atoms with Crippen LogP contribution in [0.4, 0.5) is 5.69 Å². The van der Waals surface area contributed by atoms with Gasteiger partial charge in [-0.3, -0.25) is 0 Å². The van der Waals surface area contributed by atoms with E-state index in [9.17, 15) is 13.2 Å². The molecule has 7 heteroatoms. The zero-order chi connectivity index (χ0) is 19.4. The lowest BCUT2D eigenvalue weighted by atomic mass is 10.1. The molecule has 0 unspecified atom stereocenters. The summed E-state index contributed by atoms with van der Waals surface area (Å²) in [5.74, 6) is -0.561. The van der Waals surface area contributed by atoms with Gasteiger partial charge in [-0.2, -0.15) is 4.31 Å². The number of sulfonamides is 1. The number of methoxy groups -OCH3 is 1. The van der Waals surface area contributed by atoms with Crippen molar-refractivity contribution in [2.45, 2.75) is 24.3 Å². The van der Waals surface area contributed by atoms with Gasteiger partial charge in [-0.15, -0.1) is 0 Å². The highest BCUT2D eigenvalue weighted by atomic mass is 32.2. The van der Waals surface area contributed by atoms with Crippen molar-refractivity contribution in [3.05, 3.63) is 59.7 Å². The summed E-state index contributed by atoms with van der Waals surface area (Å²) >= 11 is 0. The van der Waals surface area contributed by atoms with Crippen molar-refractivity contribution in [2.24, 2.45) is 0 Å². The van der Waals surface area contributed by atoms with Gasteiger partial charge < -0.3 is 9.64 Å². The predicted octanol–water partition coefficient (Wildman–Crippen LogP) is 2.89. The van der Waals surface area contributed by atoms with E-state index in [2.05, 4.69) is 9.64 Å². The Hall–Kier alpha value is -2.38. The summed E-state index contributed by atoms with van der Waals surface area (Å²) in [7, 11) is -0.909. The number of carbonyl (C=O) groups excluding carboxylic acids is 1. The van der Waals surface area contributed by atoms with Crippen LogP contribution in [0.2, 0.25) is 0 Å². The molecule has 1 heterocycles. The molecular formula is C20H24N2O4S. The van der Waals surface area contributed by atoms with Gasteiger partial charge >= 0.3 is 5.97 Å². The molecule has 1 aliphatic rings. The Labute approximate surface area is 160 Å². The molecule has 0 atom stereocenters. The Morgan fingerprint density at radius 3 is 2.52 bits per heavy atom. The van der Waals surface area contributed by atoms with Gasteiger partial charge in [0.25, 0.3) is 0 Å². The van der Waals surface area contributed by atoms with E-state index in [1.54, 1.807) is 13.1 Å².